The highest BCUT2D eigenvalue weighted by molar-refractivity contribution is 5.68. The summed E-state index contributed by atoms with van der Waals surface area (Å²) in [5.74, 6) is 0.852. The molecule has 0 unspecified atom stereocenters. The molecule has 0 radical (unpaired) electrons. The third kappa shape index (κ3) is 2.48. The number of benzene rings is 2. The Bertz CT molecular complexity index is 501. The van der Waals surface area contributed by atoms with Crippen LogP contribution in [0.2, 0.25) is 0 Å². The van der Waals surface area contributed by atoms with E-state index in [0.29, 0.717) is 0 Å². The maximum Gasteiger partial charge on any atom is 0.118 e. The van der Waals surface area contributed by atoms with Crippen molar-refractivity contribution in [3.63, 3.8) is 0 Å². The third-order valence-electron chi connectivity index (χ3n) is 2.89. The van der Waals surface area contributed by atoms with Gasteiger partial charge in [-0.1, -0.05) is 24.3 Å². The molecule has 0 heterocycles. The van der Waals surface area contributed by atoms with Crippen LogP contribution in [0, 0.1) is 6.92 Å². The van der Waals surface area contributed by atoms with E-state index in [1.54, 1.807) is 7.11 Å². The average Bonchev–Trinajstić information content (AvgIpc) is 2.39. The van der Waals surface area contributed by atoms with Crippen molar-refractivity contribution in [2.24, 2.45) is 0 Å². The number of hydrogen-bond donors (Lipinski definition) is 1. The predicted octanol–water partition coefficient (Wildman–Crippen LogP) is 3.16. The molecular weight excluding hydrogens is 212 g/mol. The third-order valence-corrected chi connectivity index (χ3v) is 2.89. The van der Waals surface area contributed by atoms with Crippen molar-refractivity contribution in [1.29, 1.82) is 0 Å². The molecule has 0 amide bonds. The Hall–Kier alpha value is -1.80. The van der Waals surface area contributed by atoms with Crippen LogP contribution in [-0.2, 0) is 6.61 Å². The monoisotopic (exact) mass is 228 g/mol. The number of hydrogen-bond acceptors (Lipinski definition) is 2. The van der Waals surface area contributed by atoms with Crippen LogP contribution in [0.25, 0.3) is 11.1 Å². The number of aliphatic hydroxyl groups excluding tert-OH is 1. The summed E-state index contributed by atoms with van der Waals surface area (Å²) in [6.07, 6.45) is 0. The van der Waals surface area contributed by atoms with Crippen molar-refractivity contribution in [3.05, 3.63) is 53.6 Å². The minimum Gasteiger partial charge on any atom is -0.497 e. The molecule has 0 spiro atoms. The molecule has 2 rings (SSSR count). The smallest absolute Gasteiger partial charge is 0.118 e. The molecule has 0 fully saturated rings. The van der Waals surface area contributed by atoms with E-state index in [1.165, 1.54) is 5.56 Å². The number of aryl methyl sites for hydroxylation is 1. The van der Waals surface area contributed by atoms with Crippen molar-refractivity contribution in [3.8, 4) is 16.9 Å². The maximum absolute atomic E-state index is 9.16. The summed E-state index contributed by atoms with van der Waals surface area (Å²) < 4.78 is 5.14. The standard InChI is InChI=1S/C15H16O2/c1-11-3-4-12(10-16)9-15(11)13-5-7-14(17-2)8-6-13/h3-9,16H,10H2,1-2H3. The van der Waals surface area contributed by atoms with Crippen molar-refractivity contribution in [1.82, 2.24) is 0 Å². The molecule has 88 valence electrons. The molecule has 2 nitrogen and oxygen atoms in total. The van der Waals surface area contributed by atoms with Gasteiger partial charge in [0.15, 0.2) is 0 Å². The van der Waals surface area contributed by atoms with Gasteiger partial charge in [0, 0.05) is 0 Å². The SMILES string of the molecule is COc1ccc(-c2cc(CO)ccc2C)cc1. The van der Waals surface area contributed by atoms with E-state index in [9.17, 15) is 0 Å². The van der Waals surface area contributed by atoms with E-state index in [-0.39, 0.29) is 6.61 Å². The highest BCUT2D eigenvalue weighted by Gasteiger charge is 2.03. The molecule has 2 aromatic carbocycles. The zero-order chi connectivity index (χ0) is 12.3. The maximum atomic E-state index is 9.16. The molecule has 17 heavy (non-hydrogen) atoms. The molecule has 0 aliphatic heterocycles. The van der Waals surface area contributed by atoms with E-state index in [0.717, 1.165) is 22.4 Å². The quantitative estimate of drug-likeness (QED) is 0.874. The zero-order valence-electron chi connectivity index (χ0n) is 10.1. The molecule has 1 N–H and O–H groups in total. The summed E-state index contributed by atoms with van der Waals surface area (Å²) in [5.41, 5.74) is 4.42. The van der Waals surface area contributed by atoms with Gasteiger partial charge in [0.1, 0.15) is 5.75 Å². The molecular formula is C15H16O2. The van der Waals surface area contributed by atoms with Gasteiger partial charge in [0.2, 0.25) is 0 Å². The highest BCUT2D eigenvalue weighted by Crippen LogP contribution is 2.26. The summed E-state index contributed by atoms with van der Waals surface area (Å²) in [5, 5.41) is 9.16. The molecule has 0 aliphatic carbocycles. The van der Waals surface area contributed by atoms with Gasteiger partial charge in [-0.25, -0.2) is 0 Å². The lowest BCUT2D eigenvalue weighted by molar-refractivity contribution is 0.282. The molecule has 0 aromatic heterocycles. The molecule has 2 aromatic rings. The lowest BCUT2D eigenvalue weighted by atomic mass is 9.98. The van der Waals surface area contributed by atoms with Crippen molar-refractivity contribution >= 4 is 0 Å². The second-order valence-corrected chi connectivity index (χ2v) is 4.04. The number of aliphatic hydroxyl groups is 1. The molecule has 0 saturated carbocycles. The Morgan fingerprint density at radius 3 is 2.35 bits per heavy atom. The van der Waals surface area contributed by atoms with Crippen LogP contribution < -0.4 is 4.74 Å². The molecule has 2 heteroatoms. The lowest BCUT2D eigenvalue weighted by Gasteiger charge is -2.09. The van der Waals surface area contributed by atoms with Crippen LogP contribution in [0.15, 0.2) is 42.5 Å². The highest BCUT2D eigenvalue weighted by atomic mass is 16.5. The van der Waals surface area contributed by atoms with Gasteiger partial charge in [0.25, 0.3) is 0 Å². The van der Waals surface area contributed by atoms with E-state index in [1.807, 2.05) is 42.5 Å². The van der Waals surface area contributed by atoms with Gasteiger partial charge in [-0.3, -0.25) is 0 Å². The summed E-state index contributed by atoms with van der Waals surface area (Å²) >= 11 is 0. The summed E-state index contributed by atoms with van der Waals surface area (Å²) in [6, 6.07) is 14.0. The first-order chi connectivity index (χ1) is 8.24. The summed E-state index contributed by atoms with van der Waals surface area (Å²) in [4.78, 5) is 0. The van der Waals surface area contributed by atoms with Gasteiger partial charge in [0.05, 0.1) is 13.7 Å². The van der Waals surface area contributed by atoms with Crippen LogP contribution >= 0.6 is 0 Å². The van der Waals surface area contributed by atoms with Crippen LogP contribution in [0.3, 0.4) is 0 Å². The number of ether oxygens (including phenoxy) is 1. The molecule has 0 atom stereocenters. The first-order valence-electron chi connectivity index (χ1n) is 5.59. The fourth-order valence-corrected chi connectivity index (χ4v) is 1.85. The van der Waals surface area contributed by atoms with E-state index < -0.39 is 0 Å². The number of rotatable bonds is 3. The van der Waals surface area contributed by atoms with Gasteiger partial charge in [-0.15, -0.1) is 0 Å². The Morgan fingerprint density at radius 2 is 1.76 bits per heavy atom. The minimum absolute atomic E-state index is 0.0729. The summed E-state index contributed by atoms with van der Waals surface area (Å²) in [7, 11) is 1.66. The van der Waals surface area contributed by atoms with Crippen LogP contribution in [-0.4, -0.2) is 12.2 Å². The van der Waals surface area contributed by atoms with Gasteiger partial charge in [-0.2, -0.15) is 0 Å². The molecule has 0 saturated heterocycles. The topological polar surface area (TPSA) is 29.5 Å². The van der Waals surface area contributed by atoms with E-state index in [2.05, 4.69) is 6.92 Å². The zero-order valence-corrected chi connectivity index (χ0v) is 10.1. The summed E-state index contributed by atoms with van der Waals surface area (Å²) in [6.45, 7) is 2.14. The fraction of sp³-hybridized carbons (Fsp3) is 0.200. The van der Waals surface area contributed by atoms with Crippen LogP contribution in [0.5, 0.6) is 5.75 Å². The Morgan fingerprint density at radius 1 is 1.06 bits per heavy atom. The first-order valence-corrected chi connectivity index (χ1v) is 5.59. The van der Waals surface area contributed by atoms with Gasteiger partial charge >= 0.3 is 0 Å². The Kier molecular flexibility index (Phi) is 3.45. The van der Waals surface area contributed by atoms with E-state index in [4.69, 9.17) is 9.84 Å². The minimum atomic E-state index is 0.0729. The Labute approximate surface area is 101 Å². The number of methoxy groups -OCH3 is 1. The van der Waals surface area contributed by atoms with Gasteiger partial charge < -0.3 is 9.84 Å². The molecule has 0 bridgehead atoms. The first kappa shape index (κ1) is 11.7. The second-order valence-electron chi connectivity index (χ2n) is 4.04. The largest absolute Gasteiger partial charge is 0.497 e. The molecule has 0 aliphatic rings. The normalized spacial score (nSPS) is 10.3. The van der Waals surface area contributed by atoms with Crippen molar-refractivity contribution < 1.29 is 9.84 Å². The van der Waals surface area contributed by atoms with Crippen LogP contribution in [0.4, 0.5) is 0 Å². The second kappa shape index (κ2) is 5.02. The van der Waals surface area contributed by atoms with Crippen molar-refractivity contribution in [2.45, 2.75) is 13.5 Å². The average molecular weight is 228 g/mol. The van der Waals surface area contributed by atoms with Crippen molar-refractivity contribution in [2.75, 3.05) is 7.11 Å². The van der Waals surface area contributed by atoms with Gasteiger partial charge in [-0.05, 0) is 47.4 Å². The van der Waals surface area contributed by atoms with Crippen LogP contribution in [0.1, 0.15) is 11.1 Å². The lowest BCUT2D eigenvalue weighted by Crippen LogP contribution is -1.89. The fourth-order valence-electron chi connectivity index (χ4n) is 1.85. The Balaban J connectivity index is 2.43. The van der Waals surface area contributed by atoms with E-state index >= 15 is 0 Å². The predicted molar refractivity (Wildman–Crippen MR) is 69.1 cm³/mol.